The van der Waals surface area contributed by atoms with Gasteiger partial charge in [-0.1, -0.05) is 0 Å². The second-order valence-corrected chi connectivity index (χ2v) is 3.66. The van der Waals surface area contributed by atoms with Crippen molar-refractivity contribution in [2.45, 2.75) is 0 Å². The van der Waals surface area contributed by atoms with Crippen LogP contribution >= 0.6 is 11.7 Å². The van der Waals surface area contributed by atoms with Crippen molar-refractivity contribution >= 4 is 29.6 Å². The Morgan fingerprint density at radius 3 is 2.17 bits per heavy atom. The zero-order valence-electron chi connectivity index (χ0n) is 9.78. The van der Waals surface area contributed by atoms with E-state index in [-0.39, 0.29) is 18.8 Å². The fraction of sp³-hybridized carbons (Fsp3) is 0.444. The molecule has 1 aromatic rings. The van der Waals surface area contributed by atoms with E-state index in [9.17, 15) is 14.4 Å². The molecular weight excluding hydrogens is 262 g/mol. The van der Waals surface area contributed by atoms with E-state index >= 15 is 0 Å². The number of amides is 1. The molecule has 18 heavy (non-hydrogen) atoms. The Hall–Kier alpha value is -2.03. The van der Waals surface area contributed by atoms with Gasteiger partial charge in [0.2, 0.25) is 0 Å². The highest BCUT2D eigenvalue weighted by molar-refractivity contribution is 6.99. The summed E-state index contributed by atoms with van der Waals surface area (Å²) in [6.07, 6.45) is 1.26. The van der Waals surface area contributed by atoms with Crippen molar-refractivity contribution < 1.29 is 23.9 Å². The van der Waals surface area contributed by atoms with E-state index < -0.39 is 17.8 Å². The van der Waals surface area contributed by atoms with Crippen molar-refractivity contribution in [3.05, 3.63) is 11.9 Å². The van der Waals surface area contributed by atoms with Crippen LogP contribution in [0.25, 0.3) is 0 Å². The van der Waals surface area contributed by atoms with Crippen LogP contribution in [0.1, 0.15) is 10.5 Å². The van der Waals surface area contributed by atoms with Crippen molar-refractivity contribution in [1.29, 1.82) is 0 Å². The summed E-state index contributed by atoms with van der Waals surface area (Å²) >= 11 is 0.855. The fourth-order valence-electron chi connectivity index (χ4n) is 1.06. The number of ether oxygens (including phenoxy) is 2. The smallest absolute Gasteiger partial charge is 0.325 e. The van der Waals surface area contributed by atoms with Crippen LogP contribution < -0.4 is 0 Å². The monoisotopic (exact) mass is 273 g/mol. The van der Waals surface area contributed by atoms with E-state index in [1.165, 1.54) is 20.4 Å². The first-order chi connectivity index (χ1) is 8.58. The topological polar surface area (TPSA) is 98.7 Å². The maximum absolute atomic E-state index is 11.9. The van der Waals surface area contributed by atoms with E-state index in [0.29, 0.717) is 0 Å². The largest absolute Gasteiger partial charge is 0.468 e. The molecule has 0 spiro atoms. The molecule has 0 aliphatic carbocycles. The first-order valence-electron chi connectivity index (χ1n) is 4.79. The van der Waals surface area contributed by atoms with Crippen molar-refractivity contribution in [3.8, 4) is 0 Å². The molecule has 0 radical (unpaired) electrons. The summed E-state index contributed by atoms with van der Waals surface area (Å²) in [5, 5.41) is 0. The lowest BCUT2D eigenvalue weighted by molar-refractivity contribution is -0.144. The molecule has 1 aromatic heterocycles. The molecule has 0 atom stereocenters. The summed E-state index contributed by atoms with van der Waals surface area (Å²) in [6.45, 7) is -0.718. The highest BCUT2D eigenvalue weighted by atomic mass is 32.1. The minimum atomic E-state index is -0.643. The molecule has 0 bridgehead atoms. The Bertz CT molecular complexity index is 415. The SMILES string of the molecule is COC(=O)CN(CC(=O)OC)C(=O)c1cnsn1. The standard InChI is InChI=1S/C9H11N3O5S/c1-16-7(13)4-12(5-8(14)17-2)9(15)6-3-10-18-11-6/h3H,4-5H2,1-2H3. The summed E-state index contributed by atoms with van der Waals surface area (Å²) in [5.41, 5.74) is 0.0628. The van der Waals surface area contributed by atoms with Gasteiger partial charge < -0.3 is 14.4 Å². The van der Waals surface area contributed by atoms with Gasteiger partial charge in [0.15, 0.2) is 5.69 Å². The van der Waals surface area contributed by atoms with E-state index in [2.05, 4.69) is 18.2 Å². The second-order valence-electron chi connectivity index (χ2n) is 3.11. The van der Waals surface area contributed by atoms with Gasteiger partial charge >= 0.3 is 11.9 Å². The minimum Gasteiger partial charge on any atom is -0.468 e. The van der Waals surface area contributed by atoms with Gasteiger partial charge in [-0.2, -0.15) is 8.75 Å². The predicted octanol–water partition coefficient (Wildman–Crippen LogP) is -0.674. The third kappa shape index (κ3) is 3.77. The van der Waals surface area contributed by atoms with Gasteiger partial charge in [-0.3, -0.25) is 14.4 Å². The Kier molecular flexibility index (Phi) is 5.18. The normalized spacial score (nSPS) is 9.67. The number of hydrogen-bond acceptors (Lipinski definition) is 8. The van der Waals surface area contributed by atoms with Gasteiger partial charge in [-0.25, -0.2) is 0 Å². The molecule has 0 saturated heterocycles. The van der Waals surface area contributed by atoms with Crippen molar-refractivity contribution in [3.63, 3.8) is 0 Å². The quantitative estimate of drug-likeness (QED) is 0.656. The van der Waals surface area contributed by atoms with Gasteiger partial charge in [0.1, 0.15) is 13.1 Å². The van der Waals surface area contributed by atoms with Gasteiger partial charge in [0.25, 0.3) is 5.91 Å². The molecule has 0 aliphatic heterocycles. The van der Waals surface area contributed by atoms with Gasteiger partial charge in [0.05, 0.1) is 32.1 Å². The number of carbonyl (C=O) groups excluding carboxylic acids is 3. The fourth-order valence-corrected chi connectivity index (χ4v) is 1.47. The zero-order valence-corrected chi connectivity index (χ0v) is 10.6. The van der Waals surface area contributed by atoms with E-state index in [4.69, 9.17) is 0 Å². The van der Waals surface area contributed by atoms with Crippen LogP contribution in [0.2, 0.25) is 0 Å². The lowest BCUT2D eigenvalue weighted by Crippen LogP contribution is -2.40. The molecule has 1 rings (SSSR count). The molecule has 0 fully saturated rings. The van der Waals surface area contributed by atoms with Gasteiger partial charge in [0, 0.05) is 0 Å². The first-order valence-corrected chi connectivity index (χ1v) is 5.52. The van der Waals surface area contributed by atoms with E-state index in [0.717, 1.165) is 16.6 Å². The number of esters is 2. The Morgan fingerprint density at radius 2 is 1.78 bits per heavy atom. The number of rotatable bonds is 5. The molecule has 98 valence electrons. The van der Waals surface area contributed by atoms with Gasteiger partial charge in [-0.15, -0.1) is 0 Å². The summed E-state index contributed by atoms with van der Waals surface area (Å²) in [6, 6.07) is 0. The molecule has 1 heterocycles. The number of nitrogens with zero attached hydrogens (tertiary/aromatic N) is 3. The molecule has 1 amide bonds. The maximum atomic E-state index is 11.9. The summed E-state index contributed by atoms with van der Waals surface area (Å²) in [7, 11) is 2.38. The Balaban J connectivity index is 2.79. The molecule has 8 nitrogen and oxygen atoms in total. The molecule has 0 N–H and O–H groups in total. The summed E-state index contributed by atoms with van der Waals surface area (Å²) < 4.78 is 16.3. The predicted molar refractivity (Wildman–Crippen MR) is 59.8 cm³/mol. The number of aromatic nitrogens is 2. The second kappa shape index (κ2) is 6.64. The maximum Gasteiger partial charge on any atom is 0.325 e. The average molecular weight is 273 g/mol. The van der Waals surface area contributed by atoms with Crippen LogP contribution in [0.5, 0.6) is 0 Å². The zero-order chi connectivity index (χ0) is 13.5. The highest BCUT2D eigenvalue weighted by Crippen LogP contribution is 2.03. The van der Waals surface area contributed by atoms with Crippen molar-refractivity contribution in [2.75, 3.05) is 27.3 Å². The molecule has 9 heteroatoms. The number of methoxy groups -OCH3 is 2. The summed E-state index contributed by atoms with van der Waals surface area (Å²) in [5.74, 6) is -1.87. The number of hydrogen-bond donors (Lipinski definition) is 0. The first kappa shape index (κ1) is 14.0. The molecule has 0 saturated carbocycles. The van der Waals surface area contributed by atoms with Crippen molar-refractivity contribution in [1.82, 2.24) is 13.6 Å². The van der Waals surface area contributed by atoms with E-state index in [1.54, 1.807) is 0 Å². The van der Waals surface area contributed by atoms with Crippen LogP contribution in [0, 0.1) is 0 Å². The highest BCUT2D eigenvalue weighted by Gasteiger charge is 2.23. The van der Waals surface area contributed by atoms with Crippen LogP contribution in [-0.2, 0) is 19.1 Å². The molecule has 0 aliphatic rings. The van der Waals surface area contributed by atoms with Crippen molar-refractivity contribution in [2.24, 2.45) is 0 Å². The van der Waals surface area contributed by atoms with E-state index in [1.807, 2.05) is 0 Å². The Labute approximate surface area is 107 Å². The number of carbonyl (C=O) groups is 3. The third-order valence-electron chi connectivity index (χ3n) is 1.96. The van der Waals surface area contributed by atoms with Gasteiger partial charge in [-0.05, 0) is 0 Å². The molecule has 0 unspecified atom stereocenters. The van der Waals surface area contributed by atoms with Crippen LogP contribution in [0.3, 0.4) is 0 Å². The molecule has 0 aromatic carbocycles. The molecular formula is C9H11N3O5S. The minimum absolute atomic E-state index is 0.0628. The van der Waals surface area contributed by atoms with Crippen LogP contribution in [0.4, 0.5) is 0 Å². The Morgan fingerprint density at radius 1 is 1.22 bits per heavy atom. The summed E-state index contributed by atoms with van der Waals surface area (Å²) in [4.78, 5) is 35.2. The lowest BCUT2D eigenvalue weighted by Gasteiger charge is -2.18. The lowest BCUT2D eigenvalue weighted by atomic mass is 10.3. The average Bonchev–Trinajstić information content (AvgIpc) is 2.90. The third-order valence-corrected chi connectivity index (χ3v) is 2.44. The van der Waals surface area contributed by atoms with Crippen LogP contribution in [-0.4, -0.2) is 58.8 Å². The van der Waals surface area contributed by atoms with Crippen LogP contribution in [0.15, 0.2) is 6.20 Å².